The van der Waals surface area contributed by atoms with Gasteiger partial charge in [0.05, 0.1) is 6.61 Å². The molecule has 0 spiro atoms. The van der Waals surface area contributed by atoms with Crippen LogP contribution < -0.4 is 0 Å². The van der Waals surface area contributed by atoms with Gasteiger partial charge in [-0.3, -0.25) is 9.59 Å². The van der Waals surface area contributed by atoms with E-state index in [9.17, 15) is 24.9 Å². The molecular weight excluding hydrogens is 404 g/mol. The molecule has 0 aromatic rings. The van der Waals surface area contributed by atoms with E-state index in [1.165, 1.54) is 44.9 Å². The summed E-state index contributed by atoms with van der Waals surface area (Å²) in [6, 6.07) is 0. The summed E-state index contributed by atoms with van der Waals surface area (Å²) in [5.41, 5.74) is -2.37. The van der Waals surface area contributed by atoms with Gasteiger partial charge in [-0.25, -0.2) is 0 Å². The molecule has 0 saturated carbocycles. The fourth-order valence-corrected chi connectivity index (χ4v) is 3.85. The van der Waals surface area contributed by atoms with E-state index in [2.05, 4.69) is 19.1 Å². The third-order valence-corrected chi connectivity index (χ3v) is 6.17. The largest absolute Gasteiger partial charge is 0.393 e. The molecule has 0 rings (SSSR count). The Morgan fingerprint density at radius 3 is 1.69 bits per heavy atom. The number of carbonyl (C=O) groups is 2. The number of aliphatic hydroxyl groups is 3. The highest BCUT2D eigenvalue weighted by atomic mass is 16.4. The van der Waals surface area contributed by atoms with Gasteiger partial charge >= 0.3 is 0 Å². The van der Waals surface area contributed by atoms with E-state index in [-0.39, 0.29) is 12.8 Å². The summed E-state index contributed by atoms with van der Waals surface area (Å²) in [4.78, 5) is 24.4. The van der Waals surface area contributed by atoms with E-state index in [1.807, 2.05) is 6.92 Å². The summed E-state index contributed by atoms with van der Waals surface area (Å²) in [7, 11) is 0. The van der Waals surface area contributed by atoms with Gasteiger partial charge in [0, 0.05) is 12.8 Å². The fourth-order valence-electron chi connectivity index (χ4n) is 3.85. The van der Waals surface area contributed by atoms with E-state index in [0.717, 1.165) is 44.9 Å². The second-order valence-electron chi connectivity index (χ2n) is 9.17. The predicted octanol–water partition coefficient (Wildman–Crippen LogP) is 5.83. The first-order valence-electron chi connectivity index (χ1n) is 13.2. The lowest BCUT2D eigenvalue weighted by molar-refractivity contribution is -0.165. The van der Waals surface area contributed by atoms with Gasteiger partial charge < -0.3 is 15.3 Å². The molecule has 3 N–H and O–H groups in total. The second kappa shape index (κ2) is 20.6. The van der Waals surface area contributed by atoms with Crippen molar-refractivity contribution in [2.24, 2.45) is 0 Å². The van der Waals surface area contributed by atoms with Crippen molar-refractivity contribution in [2.75, 3.05) is 6.61 Å². The van der Waals surface area contributed by atoms with Crippen molar-refractivity contribution >= 4 is 11.6 Å². The Morgan fingerprint density at radius 2 is 1.16 bits per heavy atom. The smallest absolute Gasteiger partial charge is 0.178 e. The number of aliphatic hydroxyl groups excluding tert-OH is 2. The molecule has 0 aliphatic rings. The van der Waals surface area contributed by atoms with Crippen LogP contribution in [0.25, 0.3) is 0 Å². The molecule has 0 heterocycles. The highest BCUT2D eigenvalue weighted by molar-refractivity contribution is 5.96. The van der Waals surface area contributed by atoms with Crippen molar-refractivity contribution < 1.29 is 24.9 Å². The first-order chi connectivity index (χ1) is 15.4. The lowest BCUT2D eigenvalue weighted by Crippen LogP contribution is -2.55. The van der Waals surface area contributed by atoms with Gasteiger partial charge in [-0.1, -0.05) is 90.2 Å². The first-order valence-corrected chi connectivity index (χ1v) is 13.2. The third kappa shape index (κ3) is 14.2. The van der Waals surface area contributed by atoms with Crippen LogP contribution in [0, 0.1) is 0 Å². The maximum atomic E-state index is 12.2. The summed E-state index contributed by atoms with van der Waals surface area (Å²) in [6.45, 7) is 3.30. The minimum atomic E-state index is -2.37. The molecule has 0 aromatic heterocycles. The lowest BCUT2D eigenvalue weighted by atomic mass is 9.86. The summed E-state index contributed by atoms with van der Waals surface area (Å²) >= 11 is 0. The standard InChI is InChI=1S/C27H50O5/c1-3-5-7-8-9-10-11-12-13-14-15-16-17-18-20-21-24(29)26(31)27(32,23-28)25(30)22-19-6-4-2/h12-13,26,28,31-32H,3-11,14-23H2,1-2H3. The minimum absolute atomic E-state index is 0.0582. The van der Waals surface area contributed by atoms with Crippen LogP contribution >= 0.6 is 0 Å². The average Bonchev–Trinajstić information content (AvgIpc) is 2.80. The predicted molar refractivity (Wildman–Crippen MR) is 132 cm³/mol. The van der Waals surface area contributed by atoms with Crippen LogP contribution in [0.1, 0.15) is 129 Å². The van der Waals surface area contributed by atoms with E-state index in [1.54, 1.807) is 0 Å². The van der Waals surface area contributed by atoms with Gasteiger partial charge in [-0.15, -0.1) is 0 Å². The number of allylic oxidation sites excluding steroid dienone is 2. The van der Waals surface area contributed by atoms with Crippen molar-refractivity contribution in [3.8, 4) is 0 Å². The van der Waals surface area contributed by atoms with Crippen LogP contribution in [0.5, 0.6) is 0 Å². The van der Waals surface area contributed by atoms with Gasteiger partial charge in [0.1, 0.15) is 0 Å². The zero-order valence-electron chi connectivity index (χ0n) is 20.8. The topological polar surface area (TPSA) is 94.8 Å². The minimum Gasteiger partial charge on any atom is -0.393 e. The summed E-state index contributed by atoms with van der Waals surface area (Å²) in [5, 5.41) is 30.0. The Hall–Kier alpha value is -1.04. The van der Waals surface area contributed by atoms with E-state index >= 15 is 0 Å². The lowest BCUT2D eigenvalue weighted by Gasteiger charge is -2.28. The molecule has 5 nitrogen and oxygen atoms in total. The molecule has 5 heteroatoms. The molecule has 32 heavy (non-hydrogen) atoms. The summed E-state index contributed by atoms with van der Waals surface area (Å²) < 4.78 is 0. The number of unbranched alkanes of at least 4 members (excludes halogenated alkanes) is 13. The molecule has 188 valence electrons. The zero-order valence-corrected chi connectivity index (χ0v) is 20.8. The number of ketones is 2. The van der Waals surface area contributed by atoms with E-state index in [4.69, 9.17) is 0 Å². The van der Waals surface area contributed by atoms with Crippen LogP contribution in [0.15, 0.2) is 12.2 Å². The molecule has 0 fully saturated rings. The Morgan fingerprint density at radius 1 is 0.719 bits per heavy atom. The third-order valence-electron chi connectivity index (χ3n) is 6.17. The highest BCUT2D eigenvalue weighted by Gasteiger charge is 2.45. The number of carbonyl (C=O) groups excluding carboxylic acids is 2. The molecule has 0 aliphatic carbocycles. The van der Waals surface area contributed by atoms with Gasteiger partial charge in [0.15, 0.2) is 23.3 Å². The second-order valence-corrected chi connectivity index (χ2v) is 9.17. The van der Waals surface area contributed by atoms with Crippen molar-refractivity contribution in [3.05, 3.63) is 12.2 Å². The molecule has 0 aromatic carbocycles. The molecule has 0 aliphatic heterocycles. The average molecular weight is 455 g/mol. The Bertz CT molecular complexity index is 502. The van der Waals surface area contributed by atoms with E-state index < -0.39 is 29.9 Å². The maximum Gasteiger partial charge on any atom is 0.178 e. The number of rotatable bonds is 23. The molecule has 2 unspecified atom stereocenters. The van der Waals surface area contributed by atoms with Crippen LogP contribution in [-0.4, -0.2) is 45.2 Å². The van der Waals surface area contributed by atoms with E-state index in [0.29, 0.717) is 12.8 Å². The Balaban J connectivity index is 3.86. The van der Waals surface area contributed by atoms with Gasteiger partial charge in [-0.2, -0.15) is 0 Å². The Kier molecular flexibility index (Phi) is 19.9. The normalized spacial score (nSPS) is 14.5. The van der Waals surface area contributed by atoms with Crippen LogP contribution in [-0.2, 0) is 9.59 Å². The monoisotopic (exact) mass is 454 g/mol. The zero-order chi connectivity index (χ0) is 24.1. The van der Waals surface area contributed by atoms with Gasteiger partial charge in [-0.05, 0) is 38.5 Å². The maximum absolute atomic E-state index is 12.2. The fraction of sp³-hybridized carbons (Fsp3) is 0.852. The highest BCUT2D eigenvalue weighted by Crippen LogP contribution is 2.19. The summed E-state index contributed by atoms with van der Waals surface area (Å²) in [5.74, 6) is -1.22. The number of Topliss-reactive ketones (excluding diaryl/α,β-unsaturated/α-hetero) is 2. The van der Waals surface area contributed by atoms with Crippen molar-refractivity contribution in [3.63, 3.8) is 0 Å². The SMILES string of the molecule is CCCCCCCCC=CCCCCCCCC(=O)C(O)C(O)(CO)C(=O)CCCCC. The van der Waals surface area contributed by atoms with Crippen LogP contribution in [0.3, 0.4) is 0 Å². The van der Waals surface area contributed by atoms with Crippen LogP contribution in [0.4, 0.5) is 0 Å². The van der Waals surface area contributed by atoms with Crippen molar-refractivity contribution in [2.45, 2.75) is 141 Å². The van der Waals surface area contributed by atoms with Crippen LogP contribution in [0.2, 0.25) is 0 Å². The van der Waals surface area contributed by atoms with Gasteiger partial charge in [0.25, 0.3) is 0 Å². The molecule has 0 bridgehead atoms. The molecule has 0 saturated heterocycles. The van der Waals surface area contributed by atoms with Gasteiger partial charge in [0.2, 0.25) is 0 Å². The quantitative estimate of drug-likeness (QED) is 0.133. The number of hydrogen-bond donors (Lipinski definition) is 3. The Labute approximate surface area is 196 Å². The first kappa shape index (κ1) is 31.0. The number of hydrogen-bond acceptors (Lipinski definition) is 5. The molecule has 0 amide bonds. The summed E-state index contributed by atoms with van der Waals surface area (Å²) in [6.07, 6.45) is 20.3. The molecular formula is C27H50O5. The molecule has 0 radical (unpaired) electrons. The van der Waals surface area contributed by atoms with Crippen molar-refractivity contribution in [1.82, 2.24) is 0 Å². The van der Waals surface area contributed by atoms with Crippen molar-refractivity contribution in [1.29, 1.82) is 0 Å². The molecule has 2 atom stereocenters.